The Morgan fingerprint density at radius 3 is 2.77 bits per heavy atom. The van der Waals surface area contributed by atoms with E-state index in [1.165, 1.54) is 9.44 Å². The summed E-state index contributed by atoms with van der Waals surface area (Å²) >= 11 is 6.98. The Balaban J connectivity index is 1.74. The van der Waals surface area contributed by atoms with E-state index < -0.39 is 0 Å². The number of thioether (sulfide) groups is 2. The van der Waals surface area contributed by atoms with Crippen LogP contribution in [-0.2, 0) is 13.5 Å². The molecule has 0 aliphatic carbocycles. The molecule has 3 aromatic heterocycles. The van der Waals surface area contributed by atoms with E-state index in [-0.39, 0.29) is 11.1 Å². The highest BCUT2D eigenvalue weighted by molar-refractivity contribution is 8.05. The molecule has 132 valence electrons. The number of hydrogen-bond donors (Lipinski definition) is 0. The summed E-state index contributed by atoms with van der Waals surface area (Å²) in [4.78, 5) is 29.1. The quantitative estimate of drug-likeness (QED) is 0.605. The largest absolute Gasteiger partial charge is 0.278 e. The van der Waals surface area contributed by atoms with Gasteiger partial charge < -0.3 is 0 Å². The molecule has 5 rings (SSSR count). The predicted molar refractivity (Wildman–Crippen MR) is 115 cm³/mol. The van der Waals surface area contributed by atoms with Crippen LogP contribution in [0.4, 0.5) is 0 Å². The van der Waals surface area contributed by atoms with Crippen LogP contribution in [0, 0.1) is 0 Å². The fourth-order valence-electron chi connectivity index (χ4n) is 3.52. The van der Waals surface area contributed by atoms with Gasteiger partial charge in [0.15, 0.2) is 0 Å². The molecule has 3 nitrogen and oxygen atoms in total. The fourth-order valence-corrected chi connectivity index (χ4v) is 8.35. The van der Waals surface area contributed by atoms with E-state index in [0.717, 1.165) is 32.9 Å². The lowest BCUT2D eigenvalue weighted by Crippen LogP contribution is -2.29. The normalized spacial score (nSPS) is 21.6. The number of fused-ring (bicyclic) bond motifs is 3. The number of thiophene rings is 2. The van der Waals surface area contributed by atoms with Crippen molar-refractivity contribution in [1.29, 1.82) is 0 Å². The first kappa shape index (κ1) is 16.9. The van der Waals surface area contributed by atoms with Crippen molar-refractivity contribution < 1.29 is 0 Å². The maximum atomic E-state index is 12.9. The molecule has 0 aromatic carbocycles. The minimum atomic E-state index is -0.187. The van der Waals surface area contributed by atoms with Crippen molar-refractivity contribution in [2.75, 3.05) is 0 Å². The first-order valence-electron chi connectivity index (χ1n) is 8.34. The van der Waals surface area contributed by atoms with Crippen LogP contribution in [0.1, 0.15) is 12.0 Å². The van der Waals surface area contributed by atoms with E-state index in [9.17, 15) is 9.59 Å². The van der Waals surface area contributed by atoms with Gasteiger partial charge >= 0.3 is 0 Å². The maximum Gasteiger partial charge on any atom is 0.261 e. The molecule has 0 N–H and O–H groups in total. The van der Waals surface area contributed by atoms with Gasteiger partial charge in [0.1, 0.15) is 0 Å². The number of hydrogen-bond acceptors (Lipinski definition) is 6. The van der Waals surface area contributed by atoms with Crippen LogP contribution in [0.2, 0.25) is 0 Å². The van der Waals surface area contributed by atoms with Crippen LogP contribution < -0.4 is 11.1 Å². The van der Waals surface area contributed by atoms with Crippen molar-refractivity contribution in [2.45, 2.75) is 28.2 Å². The second kappa shape index (κ2) is 6.41. The van der Waals surface area contributed by atoms with Gasteiger partial charge in [-0.3, -0.25) is 14.2 Å². The van der Waals surface area contributed by atoms with Gasteiger partial charge in [0.05, 0.1) is 10.1 Å². The zero-order valence-electron chi connectivity index (χ0n) is 13.9. The first-order valence-corrected chi connectivity index (χ1v) is 11.9. The Bertz CT molecular complexity index is 1150. The molecule has 2 unspecified atom stereocenters. The van der Waals surface area contributed by atoms with Crippen LogP contribution >= 0.6 is 46.2 Å². The molecule has 0 radical (unpaired) electrons. The highest BCUT2D eigenvalue weighted by Gasteiger charge is 2.34. The van der Waals surface area contributed by atoms with Crippen LogP contribution in [-0.4, -0.2) is 15.1 Å². The molecule has 5 heterocycles. The minimum Gasteiger partial charge on any atom is -0.278 e. The van der Waals surface area contributed by atoms with Crippen LogP contribution in [0.5, 0.6) is 0 Å². The van der Waals surface area contributed by atoms with Crippen molar-refractivity contribution in [2.24, 2.45) is 7.05 Å². The van der Waals surface area contributed by atoms with E-state index >= 15 is 0 Å². The van der Waals surface area contributed by atoms with Gasteiger partial charge in [-0.1, -0.05) is 12.1 Å². The van der Waals surface area contributed by atoms with Gasteiger partial charge in [-0.2, -0.15) is 0 Å². The number of nitrogens with zero attached hydrogens (tertiary/aromatic N) is 1. The van der Waals surface area contributed by atoms with E-state index in [0.29, 0.717) is 15.9 Å². The van der Waals surface area contributed by atoms with E-state index in [2.05, 4.69) is 17.6 Å². The Morgan fingerprint density at radius 2 is 2.04 bits per heavy atom. The molecule has 0 fully saturated rings. The second-order valence-corrected chi connectivity index (χ2v) is 10.8. The summed E-state index contributed by atoms with van der Waals surface area (Å²) in [7, 11) is 1.61. The lowest BCUT2D eigenvalue weighted by molar-refractivity contribution is 0.772. The van der Waals surface area contributed by atoms with Gasteiger partial charge in [-0.05, 0) is 35.8 Å². The third-order valence-corrected chi connectivity index (χ3v) is 10.1. The summed E-state index contributed by atoms with van der Waals surface area (Å²) in [5.74, 6) is 0. The first-order chi connectivity index (χ1) is 12.6. The van der Waals surface area contributed by atoms with Crippen molar-refractivity contribution >= 4 is 56.3 Å². The topological polar surface area (TPSA) is 39.1 Å². The smallest absolute Gasteiger partial charge is 0.261 e. The van der Waals surface area contributed by atoms with Gasteiger partial charge in [-0.25, -0.2) is 0 Å². The summed E-state index contributed by atoms with van der Waals surface area (Å²) in [6, 6.07) is 6.07. The molecule has 0 saturated heterocycles. The number of allylic oxidation sites excluding steroid dienone is 1. The van der Waals surface area contributed by atoms with Crippen molar-refractivity contribution in [3.05, 3.63) is 61.3 Å². The van der Waals surface area contributed by atoms with Crippen molar-refractivity contribution in [3.63, 3.8) is 0 Å². The highest BCUT2D eigenvalue weighted by Crippen LogP contribution is 2.48. The molecule has 2 atom stereocenters. The Kier molecular flexibility index (Phi) is 4.15. The van der Waals surface area contributed by atoms with E-state index in [1.54, 1.807) is 41.5 Å². The Labute approximate surface area is 166 Å². The van der Waals surface area contributed by atoms with Crippen LogP contribution in [0.15, 0.2) is 49.5 Å². The van der Waals surface area contributed by atoms with Gasteiger partial charge in [0.25, 0.3) is 11.1 Å². The fraction of sp³-hybridized carbons (Fsp3) is 0.263. The van der Waals surface area contributed by atoms with Crippen molar-refractivity contribution in [3.8, 4) is 9.75 Å². The van der Waals surface area contributed by atoms with Crippen molar-refractivity contribution in [1.82, 2.24) is 4.57 Å². The SMILES string of the molecule is Cn1c(=O)c2c(c3sc(-c4cccs4)cc3c1=O)SC(C1CC=CS1)C2. The molecule has 2 aliphatic rings. The Morgan fingerprint density at radius 1 is 1.15 bits per heavy atom. The standard InChI is InChI=1S/C19H15NO2S4/c1-20-18(21)10-8-14(12-4-2-6-23-12)25-16(10)17-11(19(20)22)9-15(26-17)13-5-3-7-24-13/h2-4,6-8,13,15H,5,9H2,1H3. The molecule has 2 aliphatic heterocycles. The molecule has 0 saturated carbocycles. The van der Waals surface area contributed by atoms with Gasteiger partial charge in [-0.15, -0.1) is 46.2 Å². The van der Waals surface area contributed by atoms with Crippen LogP contribution in [0.3, 0.4) is 0 Å². The summed E-state index contributed by atoms with van der Waals surface area (Å²) < 4.78 is 2.28. The van der Waals surface area contributed by atoms with Gasteiger partial charge in [0, 0.05) is 37.8 Å². The third-order valence-electron chi connectivity index (χ3n) is 4.88. The van der Waals surface area contributed by atoms with Crippen LogP contribution in [0.25, 0.3) is 19.8 Å². The lowest BCUT2D eigenvalue weighted by Gasteiger charge is -2.15. The molecule has 7 heteroatoms. The predicted octanol–water partition coefficient (Wildman–Crippen LogP) is 4.72. The molecule has 0 bridgehead atoms. The Hall–Kier alpha value is -1.28. The summed E-state index contributed by atoms with van der Waals surface area (Å²) in [5, 5.41) is 5.79. The molecular weight excluding hydrogens is 402 g/mol. The number of aromatic nitrogens is 1. The summed E-state index contributed by atoms with van der Waals surface area (Å²) in [6.07, 6.45) is 4.02. The minimum absolute atomic E-state index is 0.128. The third kappa shape index (κ3) is 2.56. The average Bonchev–Trinajstić information content (AvgIpc) is 3.43. The monoisotopic (exact) mass is 417 g/mol. The lowest BCUT2D eigenvalue weighted by atomic mass is 10.1. The molecule has 0 amide bonds. The van der Waals surface area contributed by atoms with Gasteiger partial charge in [0.2, 0.25) is 0 Å². The molecule has 0 spiro atoms. The molecule has 26 heavy (non-hydrogen) atoms. The molecular formula is C19H15NO2S4. The summed E-state index contributed by atoms with van der Waals surface area (Å²) in [6.45, 7) is 0. The summed E-state index contributed by atoms with van der Waals surface area (Å²) in [5.41, 5.74) is 0.506. The van der Waals surface area contributed by atoms with E-state index in [4.69, 9.17) is 0 Å². The highest BCUT2D eigenvalue weighted by atomic mass is 32.2. The average molecular weight is 418 g/mol. The number of rotatable bonds is 2. The van der Waals surface area contributed by atoms with E-state index in [1.807, 2.05) is 29.3 Å². The molecule has 3 aromatic rings. The zero-order valence-corrected chi connectivity index (χ0v) is 17.2. The maximum absolute atomic E-state index is 12.9. The zero-order chi connectivity index (χ0) is 17.8. The second-order valence-electron chi connectivity index (χ2n) is 6.45.